The zero-order valence-electron chi connectivity index (χ0n) is 14.9. The highest BCUT2D eigenvalue weighted by Gasteiger charge is 2.37. The maximum atomic E-state index is 12.8. The summed E-state index contributed by atoms with van der Waals surface area (Å²) in [4.78, 5) is 29.0. The molecule has 1 atom stereocenters. The molecule has 0 radical (unpaired) electrons. The Hall–Kier alpha value is -1.46. The molecule has 2 fully saturated rings. The minimum atomic E-state index is -0.361. The lowest BCUT2D eigenvalue weighted by atomic mass is 9.98. The molecular formula is C19H24Cl2N2O3. The summed E-state index contributed by atoms with van der Waals surface area (Å²) in [7, 11) is 0. The maximum Gasteiger partial charge on any atom is 0.261 e. The first-order valence-electron chi connectivity index (χ1n) is 9.12. The second-order valence-electron chi connectivity index (χ2n) is 7.12. The Morgan fingerprint density at radius 3 is 2.58 bits per heavy atom. The van der Waals surface area contributed by atoms with Gasteiger partial charge in [-0.2, -0.15) is 0 Å². The summed E-state index contributed by atoms with van der Waals surface area (Å²) in [6, 6.07) is 4.51. The molecule has 2 aliphatic heterocycles. The van der Waals surface area contributed by atoms with Gasteiger partial charge in [-0.15, -0.1) is 0 Å². The molecule has 0 N–H and O–H groups in total. The molecule has 7 heteroatoms. The number of hydrogen-bond acceptors (Lipinski definition) is 3. The highest BCUT2D eigenvalue weighted by Crippen LogP contribution is 2.28. The fraction of sp³-hybridized carbons (Fsp3) is 0.579. The molecule has 0 aromatic heterocycles. The van der Waals surface area contributed by atoms with Crippen LogP contribution in [-0.4, -0.2) is 53.9 Å². The SMILES string of the molecule is CC1CCN(C(=O)[C@@H]2CCCN2C(=O)COc2ccc(Cl)cc2Cl)CC1. The number of amides is 2. The predicted molar refractivity (Wildman–Crippen MR) is 102 cm³/mol. The van der Waals surface area contributed by atoms with Crippen molar-refractivity contribution < 1.29 is 14.3 Å². The Labute approximate surface area is 164 Å². The van der Waals surface area contributed by atoms with E-state index in [2.05, 4.69) is 6.92 Å². The van der Waals surface area contributed by atoms with Crippen molar-refractivity contribution in [2.45, 2.75) is 38.6 Å². The van der Waals surface area contributed by atoms with Gasteiger partial charge in [0.1, 0.15) is 11.8 Å². The molecule has 0 spiro atoms. The monoisotopic (exact) mass is 398 g/mol. The van der Waals surface area contributed by atoms with E-state index in [-0.39, 0.29) is 24.5 Å². The molecule has 0 unspecified atom stereocenters. The van der Waals surface area contributed by atoms with Crippen LogP contribution in [0.25, 0.3) is 0 Å². The van der Waals surface area contributed by atoms with Crippen molar-refractivity contribution in [1.29, 1.82) is 0 Å². The molecule has 5 nitrogen and oxygen atoms in total. The Balaban J connectivity index is 1.58. The summed E-state index contributed by atoms with van der Waals surface area (Å²) in [6.07, 6.45) is 3.63. The van der Waals surface area contributed by atoms with Gasteiger partial charge in [-0.05, 0) is 49.8 Å². The van der Waals surface area contributed by atoms with Crippen LogP contribution in [0.3, 0.4) is 0 Å². The fourth-order valence-corrected chi connectivity index (χ4v) is 4.04. The van der Waals surface area contributed by atoms with E-state index in [0.717, 1.165) is 38.8 Å². The molecular weight excluding hydrogens is 375 g/mol. The second-order valence-corrected chi connectivity index (χ2v) is 7.96. The van der Waals surface area contributed by atoms with Crippen LogP contribution in [0.1, 0.15) is 32.6 Å². The largest absolute Gasteiger partial charge is 0.482 e. The van der Waals surface area contributed by atoms with Gasteiger partial charge in [0, 0.05) is 24.7 Å². The number of piperidine rings is 1. The van der Waals surface area contributed by atoms with Crippen LogP contribution in [-0.2, 0) is 9.59 Å². The average molecular weight is 399 g/mol. The van der Waals surface area contributed by atoms with E-state index < -0.39 is 0 Å². The maximum absolute atomic E-state index is 12.8. The minimum absolute atomic E-state index is 0.0762. The van der Waals surface area contributed by atoms with Gasteiger partial charge in [-0.3, -0.25) is 9.59 Å². The van der Waals surface area contributed by atoms with Gasteiger partial charge < -0.3 is 14.5 Å². The van der Waals surface area contributed by atoms with E-state index in [1.54, 1.807) is 23.1 Å². The van der Waals surface area contributed by atoms with Crippen molar-refractivity contribution >= 4 is 35.0 Å². The quantitative estimate of drug-likeness (QED) is 0.777. The summed E-state index contributed by atoms with van der Waals surface area (Å²) in [5.41, 5.74) is 0. The fourth-order valence-electron chi connectivity index (χ4n) is 3.58. The number of ether oxygens (including phenoxy) is 1. The van der Waals surface area contributed by atoms with Crippen molar-refractivity contribution in [3.63, 3.8) is 0 Å². The molecule has 3 rings (SSSR count). The van der Waals surface area contributed by atoms with E-state index in [0.29, 0.717) is 28.3 Å². The lowest BCUT2D eigenvalue weighted by Gasteiger charge is -2.34. The van der Waals surface area contributed by atoms with Crippen LogP contribution in [0.15, 0.2) is 18.2 Å². The third-order valence-corrected chi connectivity index (χ3v) is 5.73. The molecule has 0 bridgehead atoms. The standard InChI is InChI=1S/C19H24Cl2N2O3/c1-13-6-9-22(10-7-13)19(25)16-3-2-8-23(16)18(24)12-26-17-5-4-14(20)11-15(17)21/h4-5,11,13,16H,2-3,6-10,12H2,1H3/t16-/m0/s1. The number of carbonyl (C=O) groups excluding carboxylic acids is 2. The van der Waals surface area contributed by atoms with E-state index in [9.17, 15) is 9.59 Å². The first-order valence-corrected chi connectivity index (χ1v) is 9.87. The van der Waals surface area contributed by atoms with Gasteiger partial charge in [-0.1, -0.05) is 30.1 Å². The average Bonchev–Trinajstić information content (AvgIpc) is 3.10. The highest BCUT2D eigenvalue weighted by atomic mass is 35.5. The third kappa shape index (κ3) is 4.44. The number of halogens is 2. The van der Waals surface area contributed by atoms with Gasteiger partial charge >= 0.3 is 0 Å². The van der Waals surface area contributed by atoms with Crippen molar-refractivity contribution in [2.24, 2.45) is 5.92 Å². The number of likely N-dealkylation sites (tertiary alicyclic amines) is 2. The summed E-state index contributed by atoms with van der Waals surface area (Å²) < 4.78 is 5.55. The predicted octanol–water partition coefficient (Wildman–Crippen LogP) is 3.62. The smallest absolute Gasteiger partial charge is 0.261 e. The minimum Gasteiger partial charge on any atom is -0.482 e. The van der Waals surface area contributed by atoms with Crippen LogP contribution < -0.4 is 4.74 Å². The number of benzene rings is 1. The molecule has 1 aromatic rings. The lowest BCUT2D eigenvalue weighted by molar-refractivity contribution is -0.145. The van der Waals surface area contributed by atoms with Crippen LogP contribution in [0.4, 0.5) is 0 Å². The van der Waals surface area contributed by atoms with E-state index in [1.165, 1.54) is 0 Å². The van der Waals surface area contributed by atoms with Crippen LogP contribution in [0, 0.1) is 5.92 Å². The zero-order valence-corrected chi connectivity index (χ0v) is 16.4. The number of nitrogens with zero attached hydrogens (tertiary/aromatic N) is 2. The van der Waals surface area contributed by atoms with Gasteiger partial charge in [0.15, 0.2) is 6.61 Å². The number of carbonyl (C=O) groups is 2. The third-order valence-electron chi connectivity index (χ3n) is 5.20. The molecule has 2 heterocycles. The molecule has 142 valence electrons. The molecule has 2 amide bonds. The first-order chi connectivity index (χ1) is 12.5. The van der Waals surface area contributed by atoms with E-state index >= 15 is 0 Å². The second kappa shape index (κ2) is 8.49. The van der Waals surface area contributed by atoms with Crippen LogP contribution >= 0.6 is 23.2 Å². The topological polar surface area (TPSA) is 49.9 Å². The van der Waals surface area contributed by atoms with E-state index in [4.69, 9.17) is 27.9 Å². The summed E-state index contributed by atoms with van der Waals surface area (Å²) in [5, 5.41) is 0.872. The molecule has 26 heavy (non-hydrogen) atoms. The normalized spacial score (nSPS) is 21.1. The Morgan fingerprint density at radius 1 is 1.15 bits per heavy atom. The number of hydrogen-bond donors (Lipinski definition) is 0. The van der Waals surface area contributed by atoms with Crippen molar-refractivity contribution in [3.05, 3.63) is 28.2 Å². The summed E-state index contributed by atoms with van der Waals surface area (Å²) in [5.74, 6) is 0.971. The van der Waals surface area contributed by atoms with Crippen molar-refractivity contribution in [2.75, 3.05) is 26.2 Å². The van der Waals surface area contributed by atoms with Crippen molar-refractivity contribution in [1.82, 2.24) is 9.80 Å². The highest BCUT2D eigenvalue weighted by molar-refractivity contribution is 6.35. The summed E-state index contributed by atoms with van der Waals surface area (Å²) >= 11 is 11.9. The Bertz CT molecular complexity index is 675. The zero-order chi connectivity index (χ0) is 18.7. The van der Waals surface area contributed by atoms with Gasteiger partial charge in [0.05, 0.1) is 5.02 Å². The van der Waals surface area contributed by atoms with Crippen LogP contribution in [0.2, 0.25) is 10.0 Å². The van der Waals surface area contributed by atoms with Crippen LogP contribution in [0.5, 0.6) is 5.75 Å². The van der Waals surface area contributed by atoms with Gasteiger partial charge in [0.2, 0.25) is 5.91 Å². The molecule has 0 saturated carbocycles. The lowest BCUT2D eigenvalue weighted by Crippen LogP contribution is -2.50. The first kappa shape index (κ1) is 19.3. The molecule has 2 aliphatic rings. The molecule has 2 saturated heterocycles. The number of rotatable bonds is 4. The summed E-state index contributed by atoms with van der Waals surface area (Å²) in [6.45, 7) is 4.25. The molecule has 0 aliphatic carbocycles. The Morgan fingerprint density at radius 2 is 1.88 bits per heavy atom. The van der Waals surface area contributed by atoms with Gasteiger partial charge in [0.25, 0.3) is 5.91 Å². The van der Waals surface area contributed by atoms with E-state index in [1.807, 2.05) is 4.90 Å². The van der Waals surface area contributed by atoms with Gasteiger partial charge in [-0.25, -0.2) is 0 Å². The van der Waals surface area contributed by atoms with Crippen molar-refractivity contribution in [3.8, 4) is 5.75 Å². The Kier molecular flexibility index (Phi) is 6.30. The molecule has 1 aromatic carbocycles.